The maximum atomic E-state index is 12.5. The molecule has 0 atom stereocenters. The van der Waals surface area contributed by atoms with Crippen molar-refractivity contribution in [2.45, 2.75) is 10.1 Å². The van der Waals surface area contributed by atoms with Crippen LogP contribution in [0.3, 0.4) is 0 Å². The van der Waals surface area contributed by atoms with Crippen molar-refractivity contribution >= 4 is 54.2 Å². The smallest absolute Gasteiger partial charge is 0.262 e. The van der Waals surface area contributed by atoms with Crippen LogP contribution in [0.5, 0.6) is 0 Å². The van der Waals surface area contributed by atoms with Crippen molar-refractivity contribution in [3.05, 3.63) is 63.4 Å². The van der Waals surface area contributed by atoms with E-state index in [4.69, 9.17) is 0 Å². The van der Waals surface area contributed by atoms with Gasteiger partial charge >= 0.3 is 0 Å². The number of halogens is 1. The lowest BCUT2D eigenvalue weighted by Crippen LogP contribution is -2.20. The molecule has 0 radical (unpaired) electrons. The molecule has 0 unspecified atom stereocenters. The molecule has 2 aromatic carbocycles. The Labute approximate surface area is 173 Å². The van der Waals surface area contributed by atoms with Crippen molar-refractivity contribution in [3.8, 4) is 0 Å². The summed E-state index contributed by atoms with van der Waals surface area (Å²) in [6.45, 7) is 0. The Bertz CT molecular complexity index is 1350. The predicted molar refractivity (Wildman–Crippen MR) is 113 cm³/mol. The first-order chi connectivity index (χ1) is 13.4. The molecule has 0 aliphatic rings. The number of thioether (sulfide) groups is 1. The van der Waals surface area contributed by atoms with E-state index in [1.165, 1.54) is 16.3 Å². The summed E-state index contributed by atoms with van der Waals surface area (Å²) in [6.07, 6.45) is 0. The summed E-state index contributed by atoms with van der Waals surface area (Å²) in [5, 5.41) is 9.38. The highest BCUT2D eigenvalue weighted by atomic mass is 79.9. The van der Waals surface area contributed by atoms with Crippen LogP contribution in [0.15, 0.2) is 67.9 Å². The molecule has 0 aliphatic carbocycles. The Balaban J connectivity index is 1.64. The molecule has 0 spiro atoms. The third-order valence-electron chi connectivity index (χ3n) is 4.35. The fraction of sp³-hybridized carbons (Fsp3) is 0.167. The molecule has 144 valence electrons. The maximum Gasteiger partial charge on any atom is 0.262 e. The van der Waals surface area contributed by atoms with Gasteiger partial charge in [0, 0.05) is 17.3 Å². The highest BCUT2D eigenvalue weighted by molar-refractivity contribution is 9.10. The summed E-state index contributed by atoms with van der Waals surface area (Å²) in [4.78, 5) is 12.8. The van der Waals surface area contributed by atoms with Crippen LogP contribution in [0.4, 0.5) is 0 Å². The number of nitrogens with zero attached hydrogens (tertiary/aromatic N) is 4. The molecule has 0 fully saturated rings. The second-order valence-corrected chi connectivity index (χ2v) is 10.2. The topological polar surface area (TPSA) is 86.3 Å². The summed E-state index contributed by atoms with van der Waals surface area (Å²) >= 11 is 4.60. The number of benzene rings is 2. The zero-order valence-electron chi connectivity index (χ0n) is 14.7. The molecule has 0 amide bonds. The van der Waals surface area contributed by atoms with E-state index in [0.717, 1.165) is 4.47 Å². The first kappa shape index (κ1) is 19.2. The van der Waals surface area contributed by atoms with Crippen LogP contribution >= 0.6 is 27.7 Å². The Morgan fingerprint density at radius 2 is 1.79 bits per heavy atom. The second kappa shape index (κ2) is 7.34. The molecule has 4 aromatic rings. The van der Waals surface area contributed by atoms with Gasteiger partial charge in [-0.1, -0.05) is 39.8 Å². The number of fused-ring (bicyclic) bond motifs is 3. The highest BCUT2D eigenvalue weighted by Crippen LogP contribution is 2.23. The van der Waals surface area contributed by atoms with Gasteiger partial charge in [-0.05, 0) is 36.4 Å². The van der Waals surface area contributed by atoms with E-state index in [1.807, 2.05) is 12.1 Å². The molecule has 0 saturated heterocycles. The molecular weight excluding hydrogens is 464 g/mol. The minimum atomic E-state index is -3.40. The van der Waals surface area contributed by atoms with E-state index >= 15 is 0 Å². The van der Waals surface area contributed by atoms with Crippen LogP contribution in [0.25, 0.3) is 16.7 Å². The zero-order chi connectivity index (χ0) is 19.9. The SMILES string of the molecule is Cn1c(=O)c2ccccc2n2c(SCCS(=O)(=O)c3ccc(Br)cc3)nnc12. The molecule has 0 aliphatic heterocycles. The number of aryl methyl sites for hydroxylation is 1. The maximum absolute atomic E-state index is 12.5. The van der Waals surface area contributed by atoms with Gasteiger partial charge in [-0.15, -0.1) is 10.2 Å². The van der Waals surface area contributed by atoms with Crippen molar-refractivity contribution in [1.82, 2.24) is 19.2 Å². The molecule has 0 N–H and O–H groups in total. The molecule has 0 saturated carbocycles. The van der Waals surface area contributed by atoms with Crippen LogP contribution in [0, 0.1) is 0 Å². The highest BCUT2D eigenvalue weighted by Gasteiger charge is 2.18. The molecule has 4 rings (SSSR count). The third-order valence-corrected chi connectivity index (χ3v) is 7.80. The van der Waals surface area contributed by atoms with Gasteiger partial charge in [-0.2, -0.15) is 0 Å². The first-order valence-corrected chi connectivity index (χ1v) is 11.8. The van der Waals surface area contributed by atoms with Crippen molar-refractivity contribution in [3.63, 3.8) is 0 Å². The number of sulfone groups is 1. The predicted octanol–water partition coefficient (Wildman–Crippen LogP) is 2.91. The van der Waals surface area contributed by atoms with Crippen LogP contribution in [-0.2, 0) is 16.9 Å². The average Bonchev–Trinajstić information content (AvgIpc) is 3.10. The number of para-hydroxylation sites is 1. The van der Waals surface area contributed by atoms with Crippen molar-refractivity contribution in [1.29, 1.82) is 0 Å². The molecule has 10 heteroatoms. The van der Waals surface area contributed by atoms with Crippen molar-refractivity contribution < 1.29 is 8.42 Å². The van der Waals surface area contributed by atoms with Crippen LogP contribution in [-0.4, -0.2) is 39.1 Å². The van der Waals surface area contributed by atoms with Gasteiger partial charge in [-0.3, -0.25) is 13.8 Å². The van der Waals surface area contributed by atoms with E-state index < -0.39 is 9.84 Å². The lowest BCUT2D eigenvalue weighted by molar-refractivity contribution is 0.597. The summed E-state index contributed by atoms with van der Waals surface area (Å²) in [5.74, 6) is 0.704. The summed E-state index contributed by atoms with van der Waals surface area (Å²) in [5.41, 5.74) is 0.550. The normalized spacial score (nSPS) is 12.1. The van der Waals surface area contributed by atoms with Gasteiger partial charge in [0.2, 0.25) is 5.78 Å². The van der Waals surface area contributed by atoms with Gasteiger partial charge in [0.15, 0.2) is 15.0 Å². The fourth-order valence-corrected chi connectivity index (χ4v) is 5.76. The van der Waals surface area contributed by atoms with E-state index in [9.17, 15) is 13.2 Å². The minimum absolute atomic E-state index is 0.0299. The quantitative estimate of drug-likeness (QED) is 0.410. The average molecular weight is 479 g/mol. The Morgan fingerprint density at radius 1 is 1.07 bits per heavy atom. The van der Waals surface area contributed by atoms with Gasteiger partial charge in [0.25, 0.3) is 5.56 Å². The summed E-state index contributed by atoms with van der Waals surface area (Å²) in [7, 11) is -1.75. The van der Waals surface area contributed by atoms with Crippen molar-refractivity contribution in [2.75, 3.05) is 11.5 Å². The standard InChI is InChI=1S/C18H15BrN4O3S2/c1-22-16(24)14-4-2-3-5-15(14)23-17(22)20-21-18(23)27-10-11-28(25,26)13-8-6-12(19)7-9-13/h2-9H,10-11H2,1H3. The molecule has 7 nitrogen and oxygen atoms in total. The minimum Gasteiger partial charge on any atom is -0.279 e. The van der Waals surface area contributed by atoms with Crippen LogP contribution in [0.2, 0.25) is 0 Å². The molecular formula is C18H15BrN4O3S2. The van der Waals surface area contributed by atoms with Gasteiger partial charge < -0.3 is 0 Å². The Hall–Kier alpha value is -2.17. The largest absolute Gasteiger partial charge is 0.279 e. The lowest BCUT2D eigenvalue weighted by atomic mass is 10.2. The third kappa shape index (κ3) is 3.36. The molecule has 28 heavy (non-hydrogen) atoms. The van der Waals surface area contributed by atoms with Gasteiger partial charge in [0.05, 0.1) is 21.6 Å². The van der Waals surface area contributed by atoms with E-state index in [0.29, 0.717) is 27.6 Å². The molecule has 2 heterocycles. The zero-order valence-corrected chi connectivity index (χ0v) is 18.0. The first-order valence-electron chi connectivity index (χ1n) is 8.32. The number of rotatable bonds is 5. The Kier molecular flexibility index (Phi) is 5.02. The number of hydrogen-bond acceptors (Lipinski definition) is 6. The van der Waals surface area contributed by atoms with Gasteiger partial charge in [-0.25, -0.2) is 8.42 Å². The van der Waals surface area contributed by atoms with Crippen molar-refractivity contribution in [2.24, 2.45) is 7.05 Å². The molecule has 2 aromatic heterocycles. The van der Waals surface area contributed by atoms with Crippen LogP contribution in [0.1, 0.15) is 0 Å². The van der Waals surface area contributed by atoms with Crippen LogP contribution < -0.4 is 5.56 Å². The number of aromatic nitrogens is 4. The van der Waals surface area contributed by atoms with Gasteiger partial charge in [0.1, 0.15) is 0 Å². The Morgan fingerprint density at radius 3 is 2.54 bits per heavy atom. The summed E-state index contributed by atoms with van der Waals surface area (Å²) < 4.78 is 29.1. The van der Waals surface area contributed by atoms with E-state index in [-0.39, 0.29) is 16.2 Å². The second-order valence-electron chi connectivity index (χ2n) is 6.12. The summed E-state index contributed by atoms with van der Waals surface area (Å²) in [6, 6.07) is 13.8. The lowest BCUT2D eigenvalue weighted by Gasteiger charge is -2.08. The fourth-order valence-electron chi connectivity index (χ4n) is 2.91. The molecule has 0 bridgehead atoms. The number of hydrogen-bond donors (Lipinski definition) is 0. The van der Waals surface area contributed by atoms with E-state index in [2.05, 4.69) is 26.1 Å². The van der Waals surface area contributed by atoms with E-state index in [1.54, 1.807) is 47.8 Å². The monoisotopic (exact) mass is 478 g/mol.